The second kappa shape index (κ2) is 8.93. The average Bonchev–Trinajstić information content (AvgIpc) is 2.92. The van der Waals surface area contributed by atoms with Crippen molar-refractivity contribution in [3.05, 3.63) is 70.4 Å². The Morgan fingerprint density at radius 3 is 2.74 bits per heavy atom. The van der Waals surface area contributed by atoms with Crippen LogP contribution >= 0.6 is 0 Å². The molecule has 1 aromatic heterocycles. The molecule has 6 rings (SSSR count). The summed E-state index contributed by atoms with van der Waals surface area (Å²) < 4.78 is 23.0. The summed E-state index contributed by atoms with van der Waals surface area (Å²) in [5.74, 6) is 0.0440. The minimum absolute atomic E-state index is 0.115. The SMILES string of the molecule is C=CC(=O)N1C[C@H](C)N(c2nc(=O)n3c4c(c(-c5c(F)ccc6c5C(=O)CC=C6)ccc24)OCC3)C[C@H]1C. The number of carbonyl (C=O) groups is 2. The minimum atomic E-state index is -0.522. The van der Waals surface area contributed by atoms with Crippen molar-refractivity contribution in [2.75, 3.05) is 24.6 Å². The van der Waals surface area contributed by atoms with Crippen molar-refractivity contribution in [1.29, 1.82) is 0 Å². The highest BCUT2D eigenvalue weighted by atomic mass is 19.1. The van der Waals surface area contributed by atoms with E-state index in [0.29, 0.717) is 58.8 Å². The molecule has 2 aromatic carbocycles. The third-order valence-corrected chi connectivity index (χ3v) is 7.69. The molecule has 8 nitrogen and oxygen atoms in total. The zero-order valence-corrected chi connectivity index (χ0v) is 21.2. The van der Waals surface area contributed by atoms with E-state index in [1.165, 1.54) is 12.1 Å². The zero-order chi connectivity index (χ0) is 26.7. The van der Waals surface area contributed by atoms with Crippen molar-refractivity contribution in [2.45, 2.75) is 38.9 Å². The number of amides is 1. The van der Waals surface area contributed by atoms with Crippen LogP contribution in [0, 0.1) is 5.82 Å². The first kappa shape index (κ1) is 24.1. The Bertz CT molecular complexity index is 1630. The van der Waals surface area contributed by atoms with Crippen LogP contribution in [0.25, 0.3) is 28.1 Å². The standard InChI is InChI=1S/C29H27FN4O4/c1-4-23(36)33-14-17(3)34(15-16(33)2)28-20-10-9-19(27-26(20)32(12-13-38-27)29(37)31-28)25-21(30)11-8-18-6-5-7-22(35)24(18)25/h4-6,8-11,16-17H,1,7,12-15H2,2-3H3/t16-,17+/m1/s1. The highest BCUT2D eigenvalue weighted by molar-refractivity contribution is 6.10. The van der Waals surface area contributed by atoms with E-state index in [-0.39, 0.29) is 42.4 Å². The number of nitrogens with zero attached hydrogens (tertiary/aromatic N) is 4. The number of benzene rings is 2. The van der Waals surface area contributed by atoms with Gasteiger partial charge in [-0.2, -0.15) is 4.98 Å². The van der Waals surface area contributed by atoms with Crippen molar-refractivity contribution in [2.24, 2.45) is 0 Å². The van der Waals surface area contributed by atoms with Gasteiger partial charge >= 0.3 is 5.69 Å². The van der Waals surface area contributed by atoms with Gasteiger partial charge in [0.15, 0.2) is 11.5 Å². The van der Waals surface area contributed by atoms with Crippen LogP contribution in [0.3, 0.4) is 0 Å². The fraction of sp³-hybridized carbons (Fsp3) is 0.310. The van der Waals surface area contributed by atoms with Crippen molar-refractivity contribution >= 4 is 34.5 Å². The van der Waals surface area contributed by atoms with Gasteiger partial charge in [-0.25, -0.2) is 9.18 Å². The predicted molar refractivity (Wildman–Crippen MR) is 143 cm³/mol. The van der Waals surface area contributed by atoms with E-state index in [1.54, 1.807) is 27.7 Å². The van der Waals surface area contributed by atoms with Gasteiger partial charge in [-0.15, -0.1) is 0 Å². The van der Waals surface area contributed by atoms with Gasteiger partial charge in [0.2, 0.25) is 5.91 Å². The first-order valence-electron chi connectivity index (χ1n) is 12.7. The summed E-state index contributed by atoms with van der Waals surface area (Å²) >= 11 is 0. The molecule has 38 heavy (non-hydrogen) atoms. The fourth-order valence-electron chi connectivity index (χ4n) is 5.87. The zero-order valence-electron chi connectivity index (χ0n) is 21.2. The largest absolute Gasteiger partial charge is 0.489 e. The number of piperazine rings is 1. The lowest BCUT2D eigenvalue weighted by atomic mass is 9.87. The molecule has 1 saturated heterocycles. The summed E-state index contributed by atoms with van der Waals surface area (Å²) in [6, 6.07) is 6.29. The minimum Gasteiger partial charge on any atom is -0.489 e. The molecule has 2 atom stereocenters. The molecular weight excluding hydrogens is 487 g/mol. The number of fused-ring (bicyclic) bond motifs is 1. The number of anilines is 1. The maximum absolute atomic E-state index is 15.4. The number of ketones is 1. The van der Waals surface area contributed by atoms with Crippen molar-refractivity contribution in [3.8, 4) is 16.9 Å². The Balaban J connectivity index is 1.56. The van der Waals surface area contributed by atoms with E-state index in [4.69, 9.17) is 4.74 Å². The van der Waals surface area contributed by atoms with Crippen LogP contribution in [0.15, 0.2) is 47.8 Å². The molecule has 0 unspecified atom stereocenters. The Kier molecular flexibility index (Phi) is 5.66. The van der Waals surface area contributed by atoms with Crippen molar-refractivity contribution in [1.82, 2.24) is 14.5 Å². The summed E-state index contributed by atoms with van der Waals surface area (Å²) in [7, 11) is 0. The van der Waals surface area contributed by atoms with Gasteiger partial charge in [-0.1, -0.05) is 24.8 Å². The summed E-state index contributed by atoms with van der Waals surface area (Å²) in [5, 5.41) is 0.696. The highest BCUT2D eigenvalue weighted by Gasteiger charge is 2.34. The van der Waals surface area contributed by atoms with Crippen LogP contribution < -0.4 is 15.3 Å². The summed E-state index contributed by atoms with van der Waals surface area (Å²) in [4.78, 5) is 46.8. The Labute approximate surface area is 218 Å². The number of carbonyl (C=O) groups excluding carboxylic acids is 2. The normalized spacial score (nSPS) is 20.3. The Hall–Kier alpha value is -4.27. The molecule has 0 radical (unpaired) electrons. The molecule has 1 amide bonds. The molecule has 3 aromatic rings. The maximum atomic E-state index is 15.4. The van der Waals surface area contributed by atoms with E-state index in [0.717, 1.165) is 0 Å². The van der Waals surface area contributed by atoms with Gasteiger partial charge in [0, 0.05) is 53.7 Å². The average molecular weight is 515 g/mol. The van der Waals surface area contributed by atoms with Gasteiger partial charge in [0.05, 0.1) is 12.1 Å². The monoisotopic (exact) mass is 514 g/mol. The van der Waals surface area contributed by atoms with Gasteiger partial charge in [-0.05, 0) is 43.7 Å². The molecule has 0 N–H and O–H groups in total. The number of halogens is 1. The number of allylic oxidation sites excluding steroid dienone is 1. The number of hydrogen-bond acceptors (Lipinski definition) is 6. The molecule has 3 aliphatic rings. The van der Waals surface area contributed by atoms with E-state index in [9.17, 15) is 14.4 Å². The van der Waals surface area contributed by atoms with Gasteiger partial charge in [-0.3, -0.25) is 14.2 Å². The van der Waals surface area contributed by atoms with Crippen molar-refractivity contribution < 1.29 is 18.7 Å². The first-order chi connectivity index (χ1) is 18.3. The highest BCUT2D eigenvalue weighted by Crippen LogP contribution is 2.44. The van der Waals surface area contributed by atoms with Crippen LogP contribution in [-0.4, -0.2) is 57.9 Å². The van der Waals surface area contributed by atoms with E-state index in [2.05, 4.69) is 11.6 Å². The molecule has 0 saturated carbocycles. The van der Waals surface area contributed by atoms with Crippen LogP contribution in [0.5, 0.6) is 5.75 Å². The second-order valence-corrected chi connectivity index (χ2v) is 10.0. The van der Waals surface area contributed by atoms with E-state index in [1.807, 2.05) is 30.9 Å². The molecule has 1 aliphatic carbocycles. The molecule has 9 heteroatoms. The summed E-state index contributed by atoms with van der Waals surface area (Å²) in [5.41, 5.74) is 1.71. The molecule has 3 heterocycles. The third kappa shape index (κ3) is 3.56. The first-order valence-corrected chi connectivity index (χ1v) is 12.7. The van der Waals surface area contributed by atoms with Gasteiger partial charge < -0.3 is 14.5 Å². The molecular formula is C29H27FN4O4. The quantitative estimate of drug-likeness (QED) is 0.495. The molecule has 194 valence electrons. The number of rotatable bonds is 3. The molecule has 0 bridgehead atoms. The number of Topliss-reactive ketones (excluding diaryl/α,β-unsaturated/α-hetero) is 1. The number of aromatic nitrogens is 2. The van der Waals surface area contributed by atoms with Gasteiger partial charge in [0.25, 0.3) is 0 Å². The molecule has 0 spiro atoms. The Morgan fingerprint density at radius 2 is 1.95 bits per heavy atom. The fourth-order valence-corrected chi connectivity index (χ4v) is 5.87. The predicted octanol–water partition coefficient (Wildman–Crippen LogP) is 3.81. The topological polar surface area (TPSA) is 84.7 Å². The lowest BCUT2D eigenvalue weighted by molar-refractivity contribution is -0.128. The number of hydrogen-bond donors (Lipinski definition) is 0. The van der Waals surface area contributed by atoms with Crippen LogP contribution in [-0.2, 0) is 11.3 Å². The van der Waals surface area contributed by atoms with Crippen LogP contribution in [0.2, 0.25) is 0 Å². The number of ether oxygens (including phenoxy) is 1. The maximum Gasteiger partial charge on any atom is 0.350 e. The third-order valence-electron chi connectivity index (χ3n) is 7.69. The summed E-state index contributed by atoms with van der Waals surface area (Å²) in [6.07, 6.45) is 5.10. The molecule has 1 fully saturated rings. The van der Waals surface area contributed by atoms with Crippen LogP contribution in [0.4, 0.5) is 10.2 Å². The Morgan fingerprint density at radius 1 is 1.13 bits per heavy atom. The van der Waals surface area contributed by atoms with Crippen molar-refractivity contribution in [3.63, 3.8) is 0 Å². The molecule has 2 aliphatic heterocycles. The van der Waals surface area contributed by atoms with E-state index < -0.39 is 11.5 Å². The van der Waals surface area contributed by atoms with Crippen LogP contribution in [0.1, 0.15) is 36.2 Å². The second-order valence-electron chi connectivity index (χ2n) is 10.0. The summed E-state index contributed by atoms with van der Waals surface area (Å²) in [6.45, 7) is 9.00. The lowest BCUT2D eigenvalue weighted by Gasteiger charge is -2.44. The lowest BCUT2D eigenvalue weighted by Crippen LogP contribution is -2.58. The van der Waals surface area contributed by atoms with Gasteiger partial charge in [0.1, 0.15) is 18.2 Å². The smallest absolute Gasteiger partial charge is 0.350 e. The van der Waals surface area contributed by atoms with E-state index >= 15 is 4.39 Å².